The molecule has 0 bridgehead atoms. The van der Waals surface area contributed by atoms with Crippen molar-refractivity contribution in [3.05, 3.63) is 0 Å². The first-order chi connectivity index (χ1) is 6.77. The first kappa shape index (κ1) is 9.97. The molecule has 0 aromatic carbocycles. The number of nitrogens with one attached hydrogen (secondary N) is 1. The van der Waals surface area contributed by atoms with Gasteiger partial charge in [-0.3, -0.25) is 4.79 Å². The minimum atomic E-state index is 0.347. The smallest absolute Gasteiger partial charge is 0.222 e. The maximum Gasteiger partial charge on any atom is 0.222 e. The van der Waals surface area contributed by atoms with Crippen LogP contribution in [0.5, 0.6) is 0 Å². The van der Waals surface area contributed by atoms with Gasteiger partial charge in [0, 0.05) is 19.5 Å². The standard InChI is InChI=1S/C11H20N2O/c1-13(10-3-4-10)11(14)5-2-9-6-7-12-8-9/h9-10,12H,2-8H2,1H3. The molecule has 14 heavy (non-hydrogen) atoms. The molecule has 1 saturated carbocycles. The average Bonchev–Trinajstić information content (AvgIpc) is 2.91. The second-order valence-electron chi connectivity index (χ2n) is 4.63. The minimum Gasteiger partial charge on any atom is -0.343 e. The van der Waals surface area contributed by atoms with E-state index in [1.165, 1.54) is 19.3 Å². The van der Waals surface area contributed by atoms with Gasteiger partial charge >= 0.3 is 0 Å². The SMILES string of the molecule is CN(C(=O)CCC1CCNC1)C1CC1. The molecule has 3 heteroatoms. The fraction of sp³-hybridized carbons (Fsp3) is 0.909. The Morgan fingerprint density at radius 3 is 2.79 bits per heavy atom. The quantitative estimate of drug-likeness (QED) is 0.727. The molecule has 2 fully saturated rings. The molecule has 1 N–H and O–H groups in total. The van der Waals surface area contributed by atoms with E-state index in [0.717, 1.165) is 31.8 Å². The zero-order valence-corrected chi connectivity index (χ0v) is 8.96. The van der Waals surface area contributed by atoms with Crippen LogP contribution in [0.3, 0.4) is 0 Å². The van der Waals surface area contributed by atoms with Gasteiger partial charge in [-0.2, -0.15) is 0 Å². The van der Waals surface area contributed by atoms with Gasteiger partial charge in [-0.25, -0.2) is 0 Å². The van der Waals surface area contributed by atoms with Gasteiger partial charge in [0.05, 0.1) is 0 Å². The van der Waals surface area contributed by atoms with Gasteiger partial charge < -0.3 is 10.2 Å². The number of nitrogens with zero attached hydrogens (tertiary/aromatic N) is 1. The fourth-order valence-electron chi connectivity index (χ4n) is 2.13. The first-order valence-electron chi connectivity index (χ1n) is 5.74. The molecule has 1 aliphatic carbocycles. The van der Waals surface area contributed by atoms with Crippen molar-refractivity contribution in [2.24, 2.45) is 5.92 Å². The third kappa shape index (κ3) is 2.47. The summed E-state index contributed by atoms with van der Waals surface area (Å²) < 4.78 is 0. The van der Waals surface area contributed by atoms with Crippen LogP contribution in [0, 0.1) is 5.92 Å². The van der Waals surface area contributed by atoms with Gasteiger partial charge in [0.25, 0.3) is 0 Å². The molecule has 80 valence electrons. The lowest BCUT2D eigenvalue weighted by Crippen LogP contribution is -2.29. The monoisotopic (exact) mass is 196 g/mol. The molecular formula is C11H20N2O. The highest BCUT2D eigenvalue weighted by Crippen LogP contribution is 2.26. The summed E-state index contributed by atoms with van der Waals surface area (Å²) in [5.41, 5.74) is 0. The van der Waals surface area contributed by atoms with Crippen molar-refractivity contribution in [3.8, 4) is 0 Å². The van der Waals surface area contributed by atoms with Crippen LogP contribution in [-0.4, -0.2) is 37.0 Å². The van der Waals surface area contributed by atoms with Gasteiger partial charge in [0.2, 0.25) is 5.91 Å². The molecule has 1 amide bonds. The highest BCUT2D eigenvalue weighted by Gasteiger charge is 2.29. The zero-order valence-electron chi connectivity index (χ0n) is 8.96. The third-order valence-corrected chi connectivity index (χ3v) is 3.42. The van der Waals surface area contributed by atoms with Crippen LogP contribution in [0.2, 0.25) is 0 Å². The van der Waals surface area contributed by atoms with E-state index in [0.29, 0.717) is 11.9 Å². The average molecular weight is 196 g/mol. The van der Waals surface area contributed by atoms with Gasteiger partial charge in [0.15, 0.2) is 0 Å². The van der Waals surface area contributed by atoms with Crippen molar-refractivity contribution in [2.75, 3.05) is 20.1 Å². The molecule has 0 aromatic heterocycles. The molecule has 2 rings (SSSR count). The molecule has 1 saturated heterocycles. The summed E-state index contributed by atoms with van der Waals surface area (Å²) in [5, 5.41) is 3.34. The lowest BCUT2D eigenvalue weighted by molar-refractivity contribution is -0.130. The molecule has 1 atom stereocenters. The second-order valence-corrected chi connectivity index (χ2v) is 4.63. The minimum absolute atomic E-state index is 0.347. The normalized spacial score (nSPS) is 26.5. The highest BCUT2D eigenvalue weighted by atomic mass is 16.2. The predicted molar refractivity (Wildman–Crippen MR) is 56.0 cm³/mol. The Balaban J connectivity index is 1.65. The van der Waals surface area contributed by atoms with E-state index in [1.807, 2.05) is 11.9 Å². The van der Waals surface area contributed by atoms with E-state index >= 15 is 0 Å². The molecule has 1 unspecified atom stereocenters. The van der Waals surface area contributed by atoms with Crippen molar-refractivity contribution >= 4 is 5.91 Å². The van der Waals surface area contributed by atoms with Crippen LogP contribution in [0.15, 0.2) is 0 Å². The van der Waals surface area contributed by atoms with Gasteiger partial charge in [-0.05, 0) is 44.7 Å². The van der Waals surface area contributed by atoms with Gasteiger partial charge in [-0.1, -0.05) is 0 Å². The van der Waals surface area contributed by atoms with Crippen LogP contribution < -0.4 is 5.32 Å². The molecule has 0 spiro atoms. The van der Waals surface area contributed by atoms with E-state index in [4.69, 9.17) is 0 Å². The third-order valence-electron chi connectivity index (χ3n) is 3.42. The van der Waals surface area contributed by atoms with Crippen molar-refractivity contribution < 1.29 is 4.79 Å². The summed E-state index contributed by atoms with van der Waals surface area (Å²) in [5.74, 6) is 1.09. The van der Waals surface area contributed by atoms with E-state index in [-0.39, 0.29) is 0 Å². The summed E-state index contributed by atoms with van der Waals surface area (Å²) in [4.78, 5) is 13.6. The Labute approximate surface area is 85.8 Å². The summed E-state index contributed by atoms with van der Waals surface area (Å²) in [7, 11) is 1.95. The Morgan fingerprint density at radius 1 is 1.43 bits per heavy atom. The van der Waals surface area contributed by atoms with E-state index in [1.54, 1.807) is 0 Å². The zero-order chi connectivity index (χ0) is 9.97. The topological polar surface area (TPSA) is 32.3 Å². The Morgan fingerprint density at radius 2 is 2.21 bits per heavy atom. The van der Waals surface area contributed by atoms with Crippen molar-refractivity contribution in [3.63, 3.8) is 0 Å². The Hall–Kier alpha value is -0.570. The predicted octanol–water partition coefficient (Wildman–Crippen LogP) is 0.997. The second kappa shape index (κ2) is 4.30. The van der Waals surface area contributed by atoms with Crippen molar-refractivity contribution in [1.29, 1.82) is 0 Å². The maximum absolute atomic E-state index is 11.7. The van der Waals surface area contributed by atoms with Crippen molar-refractivity contribution in [1.82, 2.24) is 10.2 Å². The number of carbonyl (C=O) groups excluding carboxylic acids is 1. The number of hydrogen-bond acceptors (Lipinski definition) is 2. The van der Waals surface area contributed by atoms with Crippen LogP contribution in [0.4, 0.5) is 0 Å². The first-order valence-corrected chi connectivity index (χ1v) is 5.74. The molecule has 3 nitrogen and oxygen atoms in total. The summed E-state index contributed by atoms with van der Waals surface area (Å²) >= 11 is 0. The van der Waals surface area contributed by atoms with Gasteiger partial charge in [0.1, 0.15) is 0 Å². The maximum atomic E-state index is 11.7. The van der Waals surface area contributed by atoms with E-state index < -0.39 is 0 Å². The van der Waals surface area contributed by atoms with E-state index in [9.17, 15) is 4.79 Å². The lowest BCUT2D eigenvalue weighted by Gasteiger charge is -2.17. The molecular weight excluding hydrogens is 176 g/mol. The fourth-order valence-corrected chi connectivity index (χ4v) is 2.13. The van der Waals surface area contributed by atoms with Crippen LogP contribution in [0.1, 0.15) is 32.1 Å². The summed E-state index contributed by atoms with van der Waals surface area (Å²) in [6.07, 6.45) is 5.50. The Bertz CT molecular complexity index is 207. The summed E-state index contributed by atoms with van der Waals surface area (Å²) in [6.45, 7) is 2.25. The molecule has 2 aliphatic rings. The number of hydrogen-bond donors (Lipinski definition) is 1. The molecule has 0 aromatic rings. The molecule has 1 aliphatic heterocycles. The van der Waals surface area contributed by atoms with Crippen LogP contribution in [-0.2, 0) is 4.79 Å². The van der Waals surface area contributed by atoms with Crippen LogP contribution in [0.25, 0.3) is 0 Å². The van der Waals surface area contributed by atoms with E-state index in [2.05, 4.69) is 5.32 Å². The van der Waals surface area contributed by atoms with Gasteiger partial charge in [-0.15, -0.1) is 0 Å². The number of amides is 1. The Kier molecular flexibility index (Phi) is 3.06. The number of rotatable bonds is 4. The highest BCUT2D eigenvalue weighted by molar-refractivity contribution is 5.76. The van der Waals surface area contributed by atoms with Crippen molar-refractivity contribution in [2.45, 2.75) is 38.1 Å². The lowest BCUT2D eigenvalue weighted by atomic mass is 10.0. The number of carbonyl (C=O) groups is 1. The largest absolute Gasteiger partial charge is 0.343 e. The molecule has 1 heterocycles. The molecule has 0 radical (unpaired) electrons. The summed E-state index contributed by atoms with van der Waals surface area (Å²) in [6, 6.07) is 0.573. The van der Waals surface area contributed by atoms with Crippen LogP contribution >= 0.6 is 0 Å².